The minimum absolute atomic E-state index is 0.192. The SMILES string of the molecule is CC1CC1c1ccc(/C=C/C(=O)NCC2(O)CCC2)o1. The summed E-state index contributed by atoms with van der Waals surface area (Å²) in [7, 11) is 0. The van der Waals surface area contributed by atoms with E-state index in [1.54, 1.807) is 6.08 Å². The number of carbonyl (C=O) groups excluding carboxylic acids is 1. The van der Waals surface area contributed by atoms with Crippen molar-refractivity contribution in [1.29, 1.82) is 0 Å². The number of aliphatic hydroxyl groups is 1. The number of furan rings is 1. The Hall–Kier alpha value is -1.55. The fourth-order valence-electron chi connectivity index (χ4n) is 2.61. The van der Waals surface area contributed by atoms with Crippen LogP contribution in [0.5, 0.6) is 0 Å². The molecule has 3 rings (SSSR count). The van der Waals surface area contributed by atoms with Crippen LogP contribution in [0.25, 0.3) is 6.08 Å². The largest absolute Gasteiger partial charge is 0.461 e. The Balaban J connectivity index is 1.49. The Morgan fingerprint density at radius 1 is 1.55 bits per heavy atom. The normalized spacial score (nSPS) is 27.3. The Kier molecular flexibility index (Phi) is 3.42. The molecular weight excluding hydrogens is 254 g/mol. The van der Waals surface area contributed by atoms with Gasteiger partial charge in [-0.25, -0.2) is 0 Å². The highest BCUT2D eigenvalue weighted by Crippen LogP contribution is 2.47. The molecule has 2 N–H and O–H groups in total. The second kappa shape index (κ2) is 5.09. The maximum Gasteiger partial charge on any atom is 0.244 e. The molecule has 2 aliphatic rings. The lowest BCUT2D eigenvalue weighted by molar-refractivity contribution is -0.118. The molecule has 1 aromatic heterocycles. The maximum absolute atomic E-state index is 11.7. The van der Waals surface area contributed by atoms with Crippen molar-refractivity contribution in [3.8, 4) is 0 Å². The minimum Gasteiger partial charge on any atom is -0.461 e. The Morgan fingerprint density at radius 3 is 2.90 bits per heavy atom. The molecule has 108 valence electrons. The number of rotatable bonds is 5. The van der Waals surface area contributed by atoms with E-state index in [-0.39, 0.29) is 5.91 Å². The molecule has 1 aromatic rings. The fourth-order valence-corrected chi connectivity index (χ4v) is 2.61. The van der Waals surface area contributed by atoms with Crippen LogP contribution < -0.4 is 5.32 Å². The van der Waals surface area contributed by atoms with Crippen molar-refractivity contribution in [3.05, 3.63) is 29.7 Å². The zero-order valence-electron chi connectivity index (χ0n) is 11.8. The molecule has 0 saturated heterocycles. The third-order valence-electron chi connectivity index (χ3n) is 4.40. The first-order valence-corrected chi connectivity index (χ1v) is 7.34. The zero-order chi connectivity index (χ0) is 14.2. The Morgan fingerprint density at radius 2 is 2.30 bits per heavy atom. The van der Waals surface area contributed by atoms with Crippen LogP contribution in [0.15, 0.2) is 22.6 Å². The summed E-state index contributed by atoms with van der Waals surface area (Å²) < 4.78 is 5.69. The molecule has 0 aliphatic heterocycles. The Bertz CT molecular complexity index is 528. The van der Waals surface area contributed by atoms with E-state index in [2.05, 4.69) is 12.2 Å². The summed E-state index contributed by atoms with van der Waals surface area (Å²) in [6.07, 6.45) is 6.92. The average Bonchev–Trinajstić information content (AvgIpc) is 2.94. The summed E-state index contributed by atoms with van der Waals surface area (Å²) in [5.41, 5.74) is -0.677. The molecule has 0 radical (unpaired) electrons. The van der Waals surface area contributed by atoms with E-state index >= 15 is 0 Å². The van der Waals surface area contributed by atoms with E-state index in [0.29, 0.717) is 24.1 Å². The van der Waals surface area contributed by atoms with E-state index < -0.39 is 5.60 Å². The molecule has 2 atom stereocenters. The number of hydrogen-bond donors (Lipinski definition) is 2. The summed E-state index contributed by atoms with van der Waals surface area (Å²) in [6, 6.07) is 3.88. The van der Waals surface area contributed by atoms with Gasteiger partial charge in [-0.15, -0.1) is 0 Å². The van der Waals surface area contributed by atoms with Gasteiger partial charge in [-0.1, -0.05) is 6.92 Å². The highest BCUT2D eigenvalue weighted by atomic mass is 16.3. The molecule has 20 heavy (non-hydrogen) atoms. The van der Waals surface area contributed by atoms with Gasteiger partial charge >= 0.3 is 0 Å². The van der Waals surface area contributed by atoms with Crippen LogP contribution >= 0.6 is 0 Å². The number of nitrogens with one attached hydrogen (secondary N) is 1. The highest BCUT2D eigenvalue weighted by molar-refractivity contribution is 5.91. The first-order valence-electron chi connectivity index (χ1n) is 7.34. The van der Waals surface area contributed by atoms with Crippen LogP contribution in [-0.2, 0) is 4.79 Å². The monoisotopic (exact) mass is 275 g/mol. The van der Waals surface area contributed by atoms with Gasteiger partial charge in [0.2, 0.25) is 5.91 Å². The topological polar surface area (TPSA) is 62.5 Å². The first-order chi connectivity index (χ1) is 9.56. The van der Waals surface area contributed by atoms with E-state index in [0.717, 1.165) is 25.0 Å². The molecule has 2 saturated carbocycles. The van der Waals surface area contributed by atoms with Crippen molar-refractivity contribution in [2.24, 2.45) is 5.92 Å². The van der Waals surface area contributed by atoms with Gasteiger partial charge in [-0.3, -0.25) is 4.79 Å². The van der Waals surface area contributed by atoms with Crippen molar-refractivity contribution in [1.82, 2.24) is 5.32 Å². The molecule has 0 bridgehead atoms. The first kappa shape index (κ1) is 13.4. The average molecular weight is 275 g/mol. The van der Waals surface area contributed by atoms with Crippen molar-refractivity contribution >= 4 is 12.0 Å². The van der Waals surface area contributed by atoms with Gasteiger partial charge in [0.1, 0.15) is 11.5 Å². The molecule has 4 heteroatoms. The van der Waals surface area contributed by atoms with E-state index in [9.17, 15) is 9.90 Å². The van der Waals surface area contributed by atoms with Gasteiger partial charge in [0.15, 0.2) is 0 Å². The van der Waals surface area contributed by atoms with Gasteiger partial charge in [0.05, 0.1) is 5.60 Å². The third kappa shape index (κ3) is 2.96. The summed E-state index contributed by atoms with van der Waals surface area (Å²) in [6.45, 7) is 2.54. The smallest absolute Gasteiger partial charge is 0.244 e. The molecule has 2 aliphatic carbocycles. The highest BCUT2D eigenvalue weighted by Gasteiger charge is 2.36. The van der Waals surface area contributed by atoms with E-state index in [1.165, 1.54) is 12.5 Å². The van der Waals surface area contributed by atoms with Gasteiger partial charge < -0.3 is 14.8 Å². The number of carbonyl (C=O) groups is 1. The molecule has 0 spiro atoms. The van der Waals surface area contributed by atoms with E-state index in [1.807, 2.05) is 12.1 Å². The van der Waals surface area contributed by atoms with Gasteiger partial charge in [-0.2, -0.15) is 0 Å². The van der Waals surface area contributed by atoms with Crippen molar-refractivity contribution < 1.29 is 14.3 Å². The predicted octanol–water partition coefficient (Wildman–Crippen LogP) is 2.45. The predicted molar refractivity (Wildman–Crippen MR) is 76.1 cm³/mol. The molecule has 4 nitrogen and oxygen atoms in total. The zero-order valence-corrected chi connectivity index (χ0v) is 11.8. The van der Waals surface area contributed by atoms with Crippen LogP contribution in [0, 0.1) is 5.92 Å². The summed E-state index contributed by atoms with van der Waals surface area (Å²) in [5.74, 6) is 2.80. The number of amides is 1. The fraction of sp³-hybridized carbons (Fsp3) is 0.562. The molecule has 2 fully saturated rings. The lowest BCUT2D eigenvalue weighted by Crippen LogP contribution is -2.47. The lowest BCUT2D eigenvalue weighted by atomic mass is 9.80. The Labute approximate surface area is 118 Å². The number of hydrogen-bond acceptors (Lipinski definition) is 3. The molecule has 1 amide bonds. The standard InChI is InChI=1S/C16H21NO3/c1-11-9-13(11)14-5-3-12(20-14)4-6-15(18)17-10-16(19)7-2-8-16/h3-6,11,13,19H,2,7-10H2,1H3,(H,17,18)/b6-4+. The van der Waals surface area contributed by atoms with Gasteiger partial charge in [-0.05, 0) is 49.8 Å². The van der Waals surface area contributed by atoms with Crippen LogP contribution in [0.3, 0.4) is 0 Å². The molecule has 2 unspecified atom stereocenters. The lowest BCUT2D eigenvalue weighted by Gasteiger charge is -2.36. The van der Waals surface area contributed by atoms with Crippen molar-refractivity contribution in [2.75, 3.05) is 6.54 Å². The second-order valence-electron chi connectivity index (χ2n) is 6.19. The van der Waals surface area contributed by atoms with E-state index in [4.69, 9.17) is 4.42 Å². The summed E-state index contributed by atoms with van der Waals surface area (Å²) in [4.78, 5) is 11.7. The van der Waals surface area contributed by atoms with Gasteiger partial charge in [0, 0.05) is 18.5 Å². The van der Waals surface area contributed by atoms with Crippen LogP contribution in [0.2, 0.25) is 0 Å². The van der Waals surface area contributed by atoms with Crippen LogP contribution in [0.1, 0.15) is 50.0 Å². The van der Waals surface area contributed by atoms with Crippen LogP contribution in [-0.4, -0.2) is 23.2 Å². The third-order valence-corrected chi connectivity index (χ3v) is 4.40. The molecule has 1 heterocycles. The quantitative estimate of drug-likeness (QED) is 0.811. The van der Waals surface area contributed by atoms with Gasteiger partial charge in [0.25, 0.3) is 0 Å². The van der Waals surface area contributed by atoms with Crippen LogP contribution in [0.4, 0.5) is 0 Å². The molecule has 0 aromatic carbocycles. The summed E-state index contributed by atoms with van der Waals surface area (Å²) >= 11 is 0. The molecular formula is C16H21NO3. The second-order valence-corrected chi connectivity index (χ2v) is 6.19. The summed E-state index contributed by atoms with van der Waals surface area (Å²) in [5, 5.41) is 12.6. The van der Waals surface area contributed by atoms with Crippen molar-refractivity contribution in [2.45, 2.75) is 44.1 Å². The minimum atomic E-state index is -0.677. The maximum atomic E-state index is 11.7. The van der Waals surface area contributed by atoms with Crippen molar-refractivity contribution in [3.63, 3.8) is 0 Å².